The molecule has 0 unspecified atom stereocenters. The molecule has 0 heterocycles. The van der Waals surface area contributed by atoms with Crippen LogP contribution in [0.5, 0.6) is 0 Å². The molecule has 0 amide bonds. The fraction of sp³-hybridized carbons (Fsp3) is 0.105. The van der Waals surface area contributed by atoms with Gasteiger partial charge in [-0.2, -0.15) is 0 Å². The van der Waals surface area contributed by atoms with E-state index in [0.717, 1.165) is 11.3 Å². The molecular weight excluding hydrogens is 334 g/mol. The van der Waals surface area contributed by atoms with Crippen molar-refractivity contribution in [2.45, 2.75) is 6.54 Å². The number of rotatable bonds is 4. The number of thiocarbonyl (C=S) groups is 1. The Balaban J connectivity index is 1.66. The van der Waals surface area contributed by atoms with Crippen LogP contribution in [-0.2, 0) is 6.54 Å². The summed E-state index contributed by atoms with van der Waals surface area (Å²) < 4.78 is 0. The number of nitro groups is 1. The molecule has 0 spiro atoms. The van der Waals surface area contributed by atoms with Gasteiger partial charge in [0, 0.05) is 31.4 Å². The van der Waals surface area contributed by atoms with Crippen molar-refractivity contribution in [3.05, 3.63) is 82.4 Å². The molecule has 0 fully saturated rings. The van der Waals surface area contributed by atoms with E-state index in [1.807, 2.05) is 24.1 Å². The highest BCUT2D eigenvalue weighted by Crippen LogP contribution is 2.18. The molecule has 0 aliphatic rings. The average molecular weight is 351 g/mol. The first-order valence-electron chi connectivity index (χ1n) is 7.77. The Morgan fingerprint density at radius 2 is 1.76 bits per heavy atom. The molecule has 3 aromatic carbocycles. The quantitative estimate of drug-likeness (QED) is 0.424. The number of non-ortho nitro benzene ring substituents is 1. The smallest absolute Gasteiger partial charge is 0.269 e. The van der Waals surface area contributed by atoms with Crippen molar-refractivity contribution < 1.29 is 4.92 Å². The van der Waals surface area contributed by atoms with E-state index in [9.17, 15) is 10.1 Å². The number of hydrogen-bond donors (Lipinski definition) is 1. The zero-order valence-electron chi connectivity index (χ0n) is 13.7. The largest absolute Gasteiger partial charge is 0.348 e. The lowest BCUT2D eigenvalue weighted by molar-refractivity contribution is -0.384. The Bertz CT molecular complexity index is 925. The number of hydrogen-bond acceptors (Lipinski definition) is 3. The summed E-state index contributed by atoms with van der Waals surface area (Å²) in [5.74, 6) is 0. The third-order valence-electron chi connectivity index (χ3n) is 3.91. The van der Waals surface area contributed by atoms with Crippen LogP contribution in [-0.4, -0.2) is 22.0 Å². The Hall–Kier alpha value is -2.99. The van der Waals surface area contributed by atoms with Gasteiger partial charge < -0.3 is 10.2 Å². The van der Waals surface area contributed by atoms with Crippen LogP contribution in [0.3, 0.4) is 0 Å². The van der Waals surface area contributed by atoms with Crippen LogP contribution in [0, 0.1) is 10.1 Å². The summed E-state index contributed by atoms with van der Waals surface area (Å²) in [5.41, 5.74) is 1.94. The molecule has 126 valence electrons. The molecular formula is C19H17N3O2S. The number of anilines is 1. The molecule has 0 saturated carbocycles. The second-order valence-corrected chi connectivity index (χ2v) is 6.16. The molecule has 0 aromatic heterocycles. The Morgan fingerprint density at radius 3 is 2.44 bits per heavy atom. The number of nitrogens with zero attached hydrogens (tertiary/aromatic N) is 2. The van der Waals surface area contributed by atoms with Gasteiger partial charge in [0.2, 0.25) is 0 Å². The SMILES string of the molecule is CN(Cc1ccc2ccccc2c1)C(=S)Nc1ccc([N+](=O)[O-])cc1. The number of nitro benzene ring substituents is 1. The van der Waals surface area contributed by atoms with Gasteiger partial charge in [0.15, 0.2) is 5.11 Å². The van der Waals surface area contributed by atoms with Gasteiger partial charge in [-0.05, 0) is 46.8 Å². The van der Waals surface area contributed by atoms with Gasteiger partial charge in [0.1, 0.15) is 0 Å². The van der Waals surface area contributed by atoms with Crippen LogP contribution in [0.2, 0.25) is 0 Å². The zero-order valence-corrected chi connectivity index (χ0v) is 14.5. The minimum atomic E-state index is -0.423. The van der Waals surface area contributed by atoms with Crippen LogP contribution < -0.4 is 5.32 Å². The van der Waals surface area contributed by atoms with Gasteiger partial charge >= 0.3 is 0 Å². The van der Waals surface area contributed by atoms with Crippen molar-refractivity contribution in [1.29, 1.82) is 0 Å². The maximum atomic E-state index is 10.7. The highest BCUT2D eigenvalue weighted by Gasteiger charge is 2.08. The highest BCUT2D eigenvalue weighted by atomic mass is 32.1. The van der Waals surface area contributed by atoms with Crippen molar-refractivity contribution in [2.24, 2.45) is 0 Å². The minimum Gasteiger partial charge on any atom is -0.348 e. The first kappa shape index (κ1) is 16.9. The third-order valence-corrected chi connectivity index (χ3v) is 4.32. The molecule has 6 heteroatoms. The van der Waals surface area contributed by atoms with E-state index in [4.69, 9.17) is 12.2 Å². The van der Waals surface area contributed by atoms with Crippen molar-refractivity contribution >= 4 is 39.5 Å². The van der Waals surface area contributed by atoms with Crippen LogP contribution in [0.25, 0.3) is 10.8 Å². The van der Waals surface area contributed by atoms with Crippen molar-refractivity contribution in [1.82, 2.24) is 4.90 Å². The topological polar surface area (TPSA) is 58.4 Å². The van der Waals surface area contributed by atoms with Crippen molar-refractivity contribution in [2.75, 3.05) is 12.4 Å². The van der Waals surface area contributed by atoms with Crippen molar-refractivity contribution in [3.63, 3.8) is 0 Å². The predicted molar refractivity (Wildman–Crippen MR) is 105 cm³/mol. The summed E-state index contributed by atoms with van der Waals surface area (Å²) in [4.78, 5) is 12.2. The second kappa shape index (κ2) is 7.27. The average Bonchev–Trinajstić information content (AvgIpc) is 2.62. The van der Waals surface area contributed by atoms with E-state index < -0.39 is 4.92 Å². The van der Waals surface area contributed by atoms with E-state index in [0.29, 0.717) is 11.7 Å². The van der Waals surface area contributed by atoms with Crippen molar-refractivity contribution in [3.8, 4) is 0 Å². The fourth-order valence-corrected chi connectivity index (χ4v) is 2.75. The number of fused-ring (bicyclic) bond motifs is 1. The van der Waals surface area contributed by atoms with E-state index >= 15 is 0 Å². The van der Waals surface area contributed by atoms with E-state index in [1.54, 1.807) is 12.1 Å². The Kier molecular flexibility index (Phi) is 4.90. The first-order chi connectivity index (χ1) is 12.0. The first-order valence-corrected chi connectivity index (χ1v) is 8.18. The van der Waals surface area contributed by atoms with Crippen LogP contribution in [0.15, 0.2) is 66.7 Å². The molecule has 0 bridgehead atoms. The summed E-state index contributed by atoms with van der Waals surface area (Å²) in [6.07, 6.45) is 0. The molecule has 0 radical (unpaired) electrons. The van der Waals surface area contributed by atoms with E-state index in [2.05, 4.69) is 35.6 Å². The van der Waals surface area contributed by atoms with Gasteiger partial charge in [-0.1, -0.05) is 36.4 Å². The summed E-state index contributed by atoms with van der Waals surface area (Å²) in [6.45, 7) is 0.670. The summed E-state index contributed by atoms with van der Waals surface area (Å²) >= 11 is 5.42. The monoisotopic (exact) mass is 351 g/mol. The third kappa shape index (κ3) is 4.10. The minimum absolute atomic E-state index is 0.0565. The predicted octanol–water partition coefficient (Wildman–Crippen LogP) is 4.58. The molecule has 1 N–H and O–H groups in total. The normalized spacial score (nSPS) is 10.4. The highest BCUT2D eigenvalue weighted by molar-refractivity contribution is 7.80. The van der Waals surface area contributed by atoms with Gasteiger partial charge in [-0.25, -0.2) is 0 Å². The van der Waals surface area contributed by atoms with E-state index in [-0.39, 0.29) is 5.69 Å². The van der Waals surface area contributed by atoms with Crippen LogP contribution in [0.1, 0.15) is 5.56 Å². The lowest BCUT2D eigenvalue weighted by atomic mass is 10.1. The Morgan fingerprint density at radius 1 is 1.08 bits per heavy atom. The second-order valence-electron chi connectivity index (χ2n) is 5.77. The molecule has 25 heavy (non-hydrogen) atoms. The van der Waals surface area contributed by atoms with Gasteiger partial charge in [0.25, 0.3) is 5.69 Å². The lowest BCUT2D eigenvalue weighted by Crippen LogP contribution is -2.30. The fourth-order valence-electron chi connectivity index (χ4n) is 2.57. The summed E-state index contributed by atoms with van der Waals surface area (Å²) in [6, 6.07) is 20.8. The molecule has 5 nitrogen and oxygen atoms in total. The maximum Gasteiger partial charge on any atom is 0.269 e. The van der Waals surface area contributed by atoms with Crippen LogP contribution >= 0.6 is 12.2 Å². The number of benzene rings is 3. The molecule has 0 atom stereocenters. The zero-order chi connectivity index (χ0) is 17.8. The number of nitrogens with one attached hydrogen (secondary N) is 1. The molecule has 3 rings (SSSR count). The molecule has 0 aliphatic carbocycles. The molecule has 0 aliphatic heterocycles. The lowest BCUT2D eigenvalue weighted by Gasteiger charge is -2.21. The van der Waals surface area contributed by atoms with Gasteiger partial charge in [-0.3, -0.25) is 10.1 Å². The maximum absolute atomic E-state index is 10.7. The van der Waals surface area contributed by atoms with E-state index in [1.165, 1.54) is 22.9 Å². The summed E-state index contributed by atoms with van der Waals surface area (Å²) in [5, 5.41) is 16.8. The van der Waals surface area contributed by atoms with Gasteiger partial charge in [-0.15, -0.1) is 0 Å². The molecule has 3 aromatic rings. The van der Waals surface area contributed by atoms with Gasteiger partial charge in [0.05, 0.1) is 4.92 Å². The van der Waals surface area contributed by atoms with Crippen LogP contribution in [0.4, 0.5) is 11.4 Å². The molecule has 0 saturated heterocycles. The standard InChI is InChI=1S/C19H17N3O2S/c1-21(13-14-6-7-15-4-2-3-5-16(15)12-14)19(25)20-17-8-10-18(11-9-17)22(23)24/h2-12H,13H2,1H3,(H,20,25). The summed E-state index contributed by atoms with van der Waals surface area (Å²) in [7, 11) is 1.91. The Labute approximate surface area is 151 Å².